The van der Waals surface area contributed by atoms with Gasteiger partial charge in [-0.1, -0.05) is 11.6 Å². The smallest absolute Gasteiger partial charge is 0.224 e. The van der Waals surface area contributed by atoms with Crippen LogP contribution in [-0.2, 0) is 11.3 Å². The zero-order chi connectivity index (χ0) is 13.7. The Morgan fingerprint density at radius 2 is 2.32 bits per heavy atom. The van der Waals surface area contributed by atoms with Gasteiger partial charge in [0.05, 0.1) is 11.4 Å². The predicted molar refractivity (Wildman–Crippen MR) is 76.0 cm³/mol. The van der Waals surface area contributed by atoms with E-state index in [1.165, 1.54) is 0 Å². The molecule has 3 N–H and O–H groups in total. The van der Waals surface area contributed by atoms with Crippen molar-refractivity contribution in [2.75, 3.05) is 11.1 Å². The number of benzene rings is 1. The lowest BCUT2D eigenvalue weighted by atomic mass is 10.2. The Morgan fingerprint density at radius 3 is 3.00 bits per heavy atom. The van der Waals surface area contributed by atoms with Gasteiger partial charge in [-0.3, -0.25) is 9.48 Å². The number of hydrogen-bond acceptors (Lipinski definition) is 3. The van der Waals surface area contributed by atoms with Crippen LogP contribution in [0.5, 0.6) is 0 Å². The minimum absolute atomic E-state index is 0.0684. The highest BCUT2D eigenvalue weighted by Crippen LogP contribution is 2.22. The predicted octanol–water partition coefficient (Wildman–Crippen LogP) is 2.54. The number of carbonyl (C=O) groups is 1. The minimum atomic E-state index is -0.0684. The third kappa shape index (κ3) is 3.99. The molecule has 0 spiro atoms. The quantitative estimate of drug-likeness (QED) is 0.826. The molecule has 19 heavy (non-hydrogen) atoms. The lowest BCUT2D eigenvalue weighted by Gasteiger charge is -2.08. The number of nitrogen functional groups attached to an aromatic ring is 1. The van der Waals surface area contributed by atoms with Gasteiger partial charge in [0.2, 0.25) is 5.91 Å². The van der Waals surface area contributed by atoms with E-state index in [2.05, 4.69) is 10.4 Å². The van der Waals surface area contributed by atoms with Gasteiger partial charge in [0.1, 0.15) is 0 Å². The standard InChI is InChI=1S/C13H15ClN4O/c14-10-4-5-12(11(15)9-10)17-13(19)3-1-7-18-8-2-6-16-18/h2,4-6,8-9H,1,3,7,15H2,(H,17,19). The van der Waals surface area contributed by atoms with E-state index in [-0.39, 0.29) is 5.91 Å². The fourth-order valence-electron chi connectivity index (χ4n) is 1.69. The molecule has 0 aliphatic rings. The number of nitrogens with one attached hydrogen (secondary N) is 1. The Kier molecular flexibility index (Phi) is 4.41. The van der Waals surface area contributed by atoms with Crippen LogP contribution in [0.4, 0.5) is 11.4 Å². The number of rotatable bonds is 5. The first-order chi connectivity index (χ1) is 9.15. The van der Waals surface area contributed by atoms with Gasteiger partial charge >= 0.3 is 0 Å². The lowest BCUT2D eigenvalue weighted by Crippen LogP contribution is -2.13. The molecule has 0 unspecified atom stereocenters. The van der Waals surface area contributed by atoms with Crippen LogP contribution in [0.3, 0.4) is 0 Å². The maximum absolute atomic E-state index is 11.7. The number of nitrogens with two attached hydrogens (primary N) is 1. The number of halogens is 1. The minimum Gasteiger partial charge on any atom is -0.397 e. The molecular weight excluding hydrogens is 264 g/mol. The summed E-state index contributed by atoms with van der Waals surface area (Å²) >= 11 is 5.79. The summed E-state index contributed by atoms with van der Waals surface area (Å²) in [5, 5.41) is 7.39. The number of carbonyl (C=O) groups excluding carboxylic acids is 1. The second-order valence-electron chi connectivity index (χ2n) is 4.15. The molecule has 0 bridgehead atoms. The summed E-state index contributed by atoms with van der Waals surface area (Å²) in [4.78, 5) is 11.7. The first-order valence-electron chi connectivity index (χ1n) is 5.97. The van der Waals surface area contributed by atoms with Crippen molar-refractivity contribution in [3.63, 3.8) is 0 Å². The van der Waals surface area contributed by atoms with E-state index in [0.29, 0.717) is 22.8 Å². The number of anilines is 2. The largest absolute Gasteiger partial charge is 0.397 e. The SMILES string of the molecule is Nc1cc(Cl)ccc1NC(=O)CCCn1cccn1. The van der Waals surface area contributed by atoms with Gasteiger partial charge < -0.3 is 11.1 Å². The van der Waals surface area contributed by atoms with Gasteiger partial charge in [-0.15, -0.1) is 0 Å². The summed E-state index contributed by atoms with van der Waals surface area (Å²) in [6.07, 6.45) is 4.73. The van der Waals surface area contributed by atoms with Gasteiger partial charge in [-0.2, -0.15) is 5.10 Å². The molecule has 2 rings (SSSR count). The second kappa shape index (κ2) is 6.24. The summed E-state index contributed by atoms with van der Waals surface area (Å²) in [5.41, 5.74) is 6.82. The van der Waals surface area contributed by atoms with Gasteiger partial charge in [0.25, 0.3) is 0 Å². The summed E-state index contributed by atoms with van der Waals surface area (Å²) in [5.74, 6) is -0.0684. The average molecular weight is 279 g/mol. The van der Waals surface area contributed by atoms with Crippen molar-refractivity contribution in [3.8, 4) is 0 Å². The van der Waals surface area contributed by atoms with Gasteiger partial charge in [0.15, 0.2) is 0 Å². The maximum Gasteiger partial charge on any atom is 0.224 e. The van der Waals surface area contributed by atoms with Crippen molar-refractivity contribution < 1.29 is 4.79 Å². The summed E-state index contributed by atoms with van der Waals surface area (Å²) in [6.45, 7) is 0.719. The van der Waals surface area contributed by atoms with E-state index in [0.717, 1.165) is 13.0 Å². The van der Waals surface area contributed by atoms with E-state index >= 15 is 0 Å². The van der Waals surface area contributed by atoms with E-state index in [9.17, 15) is 4.79 Å². The summed E-state index contributed by atoms with van der Waals surface area (Å²) in [7, 11) is 0. The lowest BCUT2D eigenvalue weighted by molar-refractivity contribution is -0.116. The molecule has 0 fully saturated rings. The Balaban J connectivity index is 1.80. The molecule has 0 aliphatic heterocycles. The molecule has 6 heteroatoms. The number of nitrogens with zero attached hydrogens (tertiary/aromatic N) is 2. The van der Waals surface area contributed by atoms with E-state index in [1.54, 1.807) is 29.1 Å². The third-order valence-electron chi connectivity index (χ3n) is 2.64. The monoisotopic (exact) mass is 278 g/mol. The van der Waals surface area contributed by atoms with Gasteiger partial charge in [0, 0.05) is 30.4 Å². The van der Waals surface area contributed by atoms with E-state index < -0.39 is 0 Å². The normalized spacial score (nSPS) is 10.4. The van der Waals surface area contributed by atoms with Crippen LogP contribution in [0.1, 0.15) is 12.8 Å². The molecule has 2 aromatic rings. The molecule has 0 atom stereocenters. The van der Waals surface area contributed by atoms with Crippen LogP contribution in [0.2, 0.25) is 5.02 Å². The maximum atomic E-state index is 11.7. The first-order valence-corrected chi connectivity index (χ1v) is 6.35. The van der Waals surface area contributed by atoms with Crippen LogP contribution in [0, 0.1) is 0 Å². The Hall–Kier alpha value is -2.01. The van der Waals surface area contributed by atoms with Crippen molar-refractivity contribution in [2.45, 2.75) is 19.4 Å². The van der Waals surface area contributed by atoms with Crippen molar-refractivity contribution >= 4 is 28.9 Å². The molecular formula is C13H15ClN4O. The zero-order valence-electron chi connectivity index (χ0n) is 10.3. The Morgan fingerprint density at radius 1 is 1.47 bits per heavy atom. The van der Waals surface area contributed by atoms with Crippen LogP contribution in [-0.4, -0.2) is 15.7 Å². The highest BCUT2D eigenvalue weighted by molar-refractivity contribution is 6.31. The summed E-state index contributed by atoms with van der Waals surface area (Å²) < 4.78 is 1.80. The van der Waals surface area contributed by atoms with Crippen molar-refractivity contribution in [1.29, 1.82) is 0 Å². The molecule has 5 nitrogen and oxygen atoms in total. The molecule has 1 aromatic carbocycles. The van der Waals surface area contributed by atoms with Crippen LogP contribution < -0.4 is 11.1 Å². The average Bonchev–Trinajstić information content (AvgIpc) is 2.86. The fraction of sp³-hybridized carbons (Fsp3) is 0.231. The molecule has 100 valence electrons. The zero-order valence-corrected chi connectivity index (χ0v) is 11.1. The highest BCUT2D eigenvalue weighted by atomic mass is 35.5. The van der Waals surface area contributed by atoms with Gasteiger partial charge in [-0.05, 0) is 30.7 Å². The topological polar surface area (TPSA) is 72.9 Å². The van der Waals surface area contributed by atoms with Crippen LogP contribution >= 0.6 is 11.6 Å². The van der Waals surface area contributed by atoms with E-state index in [1.807, 2.05) is 12.3 Å². The first kappa shape index (κ1) is 13.4. The second-order valence-corrected chi connectivity index (χ2v) is 4.59. The number of aryl methyl sites for hydroxylation is 1. The number of amides is 1. The molecule has 0 saturated carbocycles. The molecule has 0 aliphatic carbocycles. The van der Waals surface area contributed by atoms with E-state index in [4.69, 9.17) is 17.3 Å². The van der Waals surface area contributed by atoms with Crippen LogP contribution in [0.15, 0.2) is 36.7 Å². The summed E-state index contributed by atoms with van der Waals surface area (Å²) in [6, 6.07) is 6.86. The molecule has 0 radical (unpaired) electrons. The molecule has 1 aromatic heterocycles. The van der Waals surface area contributed by atoms with Crippen molar-refractivity contribution in [1.82, 2.24) is 9.78 Å². The number of aromatic nitrogens is 2. The Bertz CT molecular complexity index is 554. The molecule has 1 amide bonds. The third-order valence-corrected chi connectivity index (χ3v) is 2.87. The molecule has 0 saturated heterocycles. The van der Waals surface area contributed by atoms with Crippen LogP contribution in [0.25, 0.3) is 0 Å². The Labute approximate surface area is 116 Å². The fourth-order valence-corrected chi connectivity index (χ4v) is 1.87. The molecule has 1 heterocycles. The van der Waals surface area contributed by atoms with Gasteiger partial charge in [-0.25, -0.2) is 0 Å². The van der Waals surface area contributed by atoms with Crippen molar-refractivity contribution in [2.24, 2.45) is 0 Å². The number of hydrogen-bond donors (Lipinski definition) is 2. The van der Waals surface area contributed by atoms with Crippen molar-refractivity contribution in [3.05, 3.63) is 41.7 Å². The highest BCUT2D eigenvalue weighted by Gasteiger charge is 2.05.